The van der Waals surface area contributed by atoms with Crippen LogP contribution in [0.4, 0.5) is 5.69 Å². The Labute approximate surface area is 264 Å². The number of amides is 4. The number of hydrogen-bond donors (Lipinski definition) is 3. The number of fused-ring (bicyclic) bond motifs is 2. The van der Waals surface area contributed by atoms with Crippen LogP contribution in [0.15, 0.2) is 48.5 Å². The minimum Gasteiger partial charge on any atom is -0.379 e. The lowest BCUT2D eigenvalue weighted by molar-refractivity contribution is -0.126. The molecule has 3 rings (SSSR count). The Balaban J connectivity index is 1.17. The highest BCUT2D eigenvalue weighted by molar-refractivity contribution is 5.97. The topological polar surface area (TPSA) is 145 Å². The van der Waals surface area contributed by atoms with Gasteiger partial charge in [-0.05, 0) is 23.8 Å². The molecule has 0 bridgehead atoms. The first-order chi connectivity index (χ1) is 22.0. The Bertz CT molecular complexity index is 1320. The molecule has 4 amide bonds. The van der Waals surface area contributed by atoms with E-state index in [1.54, 1.807) is 4.90 Å². The van der Waals surface area contributed by atoms with Crippen LogP contribution in [0, 0.1) is 11.8 Å². The maximum absolute atomic E-state index is 13.2. The normalized spacial score (nSPS) is 11.6. The molecule has 1 aliphatic heterocycles. The Morgan fingerprint density at radius 3 is 1.96 bits per heavy atom. The molecule has 12 nitrogen and oxygen atoms in total. The quantitative estimate of drug-likeness (QED) is 0.147. The highest BCUT2D eigenvalue weighted by Crippen LogP contribution is 2.26. The summed E-state index contributed by atoms with van der Waals surface area (Å²) >= 11 is 0. The minimum absolute atomic E-state index is 0.0491. The molecule has 2 aromatic carbocycles. The third kappa shape index (κ3) is 13.5. The van der Waals surface area contributed by atoms with Gasteiger partial charge in [-0.3, -0.25) is 19.2 Å². The number of anilines is 1. The SMILES string of the molecule is CNC(=O)CNC(=O)CCOCCOCCOCCOCCNC(=O)CCC(=O)N1Cc2ccccc2C#Cc2ccccc21. The number of rotatable bonds is 20. The van der Waals surface area contributed by atoms with E-state index in [9.17, 15) is 19.2 Å². The van der Waals surface area contributed by atoms with E-state index in [4.69, 9.17) is 18.9 Å². The van der Waals surface area contributed by atoms with Crippen LogP contribution >= 0.6 is 0 Å². The van der Waals surface area contributed by atoms with Crippen LogP contribution in [0.3, 0.4) is 0 Å². The van der Waals surface area contributed by atoms with Crippen LogP contribution in [0.1, 0.15) is 36.0 Å². The van der Waals surface area contributed by atoms with Crippen molar-refractivity contribution in [2.45, 2.75) is 25.8 Å². The molecule has 1 heterocycles. The largest absolute Gasteiger partial charge is 0.379 e. The van der Waals surface area contributed by atoms with E-state index in [-0.39, 0.29) is 56.0 Å². The number of carbonyl (C=O) groups excluding carboxylic acids is 4. The van der Waals surface area contributed by atoms with Gasteiger partial charge in [0.15, 0.2) is 0 Å². The summed E-state index contributed by atoms with van der Waals surface area (Å²) in [6.07, 6.45) is 0.327. The fourth-order valence-corrected chi connectivity index (χ4v) is 4.20. The fourth-order valence-electron chi connectivity index (χ4n) is 4.20. The number of carbonyl (C=O) groups is 4. The van der Waals surface area contributed by atoms with Crippen LogP contribution in [0.25, 0.3) is 0 Å². The van der Waals surface area contributed by atoms with Crippen molar-refractivity contribution in [1.29, 1.82) is 0 Å². The predicted octanol–water partition coefficient (Wildman–Crippen LogP) is 1.15. The van der Waals surface area contributed by atoms with Crippen LogP contribution in [0.5, 0.6) is 0 Å². The van der Waals surface area contributed by atoms with Crippen molar-refractivity contribution in [1.82, 2.24) is 16.0 Å². The monoisotopic (exact) mass is 622 g/mol. The zero-order chi connectivity index (χ0) is 32.1. The Morgan fingerprint density at radius 2 is 1.24 bits per heavy atom. The van der Waals surface area contributed by atoms with Gasteiger partial charge in [-0.1, -0.05) is 42.2 Å². The molecule has 2 aromatic rings. The van der Waals surface area contributed by atoms with Crippen LogP contribution in [-0.2, 0) is 44.7 Å². The number of para-hydroxylation sites is 1. The minimum atomic E-state index is -0.258. The van der Waals surface area contributed by atoms with Crippen molar-refractivity contribution in [2.75, 3.05) is 77.9 Å². The third-order valence-electron chi connectivity index (χ3n) is 6.62. The lowest BCUT2D eigenvalue weighted by atomic mass is 10.0. The lowest BCUT2D eigenvalue weighted by Crippen LogP contribution is -2.35. The fraction of sp³-hybridized carbons (Fsp3) is 0.455. The number of benzene rings is 2. The standard InChI is InChI=1S/C33H42N4O8/c1-34-32(40)24-36-31(39)14-16-42-18-20-44-22-23-45-21-19-43-17-15-35-30(38)12-13-33(41)37-25-28-8-3-2-6-26(28)10-11-27-7-4-5-9-29(27)37/h2-9H,12-25H2,1H3,(H,34,40)(H,35,38)(H,36,39). The van der Waals surface area contributed by atoms with Gasteiger partial charge in [0.05, 0.1) is 71.6 Å². The van der Waals surface area contributed by atoms with Crippen molar-refractivity contribution in [3.63, 3.8) is 0 Å². The molecule has 242 valence electrons. The van der Waals surface area contributed by atoms with E-state index in [1.807, 2.05) is 48.5 Å². The lowest BCUT2D eigenvalue weighted by Gasteiger charge is -2.26. The Kier molecular flexibility index (Phi) is 16.1. The molecule has 3 N–H and O–H groups in total. The molecular weight excluding hydrogens is 580 g/mol. The van der Waals surface area contributed by atoms with Gasteiger partial charge >= 0.3 is 0 Å². The number of nitrogens with zero attached hydrogens (tertiary/aromatic N) is 1. The van der Waals surface area contributed by atoms with Gasteiger partial charge in [0.2, 0.25) is 23.6 Å². The summed E-state index contributed by atoms with van der Waals surface area (Å²) in [6.45, 7) is 3.53. The summed E-state index contributed by atoms with van der Waals surface area (Å²) in [5.41, 5.74) is 3.38. The molecule has 0 spiro atoms. The van der Waals surface area contributed by atoms with E-state index >= 15 is 0 Å². The summed E-state index contributed by atoms with van der Waals surface area (Å²) < 4.78 is 21.7. The van der Waals surface area contributed by atoms with Crippen molar-refractivity contribution < 1.29 is 38.1 Å². The summed E-state index contributed by atoms with van der Waals surface area (Å²) in [4.78, 5) is 49.9. The van der Waals surface area contributed by atoms with Crippen LogP contribution in [-0.4, -0.2) is 96.6 Å². The second-order valence-corrected chi connectivity index (χ2v) is 9.90. The predicted molar refractivity (Wildman–Crippen MR) is 167 cm³/mol. The number of likely N-dealkylation sites (N-methyl/N-ethyl adjacent to an activating group) is 1. The maximum atomic E-state index is 13.2. The van der Waals surface area contributed by atoms with E-state index in [1.165, 1.54) is 7.05 Å². The van der Waals surface area contributed by atoms with E-state index in [0.29, 0.717) is 59.3 Å². The van der Waals surface area contributed by atoms with Crippen molar-refractivity contribution in [3.05, 3.63) is 65.2 Å². The Morgan fingerprint density at radius 1 is 0.667 bits per heavy atom. The van der Waals surface area contributed by atoms with Crippen LogP contribution < -0.4 is 20.9 Å². The zero-order valence-electron chi connectivity index (χ0n) is 25.7. The summed E-state index contributed by atoms with van der Waals surface area (Å²) in [5.74, 6) is 5.51. The first-order valence-corrected chi connectivity index (χ1v) is 15.0. The van der Waals surface area contributed by atoms with Gasteiger partial charge in [-0.2, -0.15) is 0 Å². The molecule has 0 radical (unpaired) electrons. The van der Waals surface area contributed by atoms with Gasteiger partial charge in [-0.25, -0.2) is 0 Å². The second-order valence-electron chi connectivity index (χ2n) is 9.90. The number of hydrogen-bond acceptors (Lipinski definition) is 8. The van der Waals surface area contributed by atoms with E-state index in [0.717, 1.165) is 22.4 Å². The average molecular weight is 623 g/mol. The molecule has 0 fully saturated rings. The molecule has 0 aliphatic carbocycles. The van der Waals surface area contributed by atoms with E-state index < -0.39 is 0 Å². The molecule has 0 atom stereocenters. The molecule has 0 saturated heterocycles. The maximum Gasteiger partial charge on any atom is 0.239 e. The van der Waals surface area contributed by atoms with E-state index in [2.05, 4.69) is 27.8 Å². The molecule has 45 heavy (non-hydrogen) atoms. The first kappa shape index (κ1) is 35.2. The van der Waals surface area contributed by atoms with Crippen molar-refractivity contribution in [3.8, 4) is 11.8 Å². The molecule has 0 aromatic heterocycles. The summed E-state index contributed by atoms with van der Waals surface area (Å²) in [5, 5.41) is 7.70. The molecule has 1 aliphatic rings. The Hall–Kier alpha value is -4.28. The smallest absolute Gasteiger partial charge is 0.239 e. The van der Waals surface area contributed by atoms with Gasteiger partial charge < -0.3 is 39.8 Å². The van der Waals surface area contributed by atoms with Gasteiger partial charge in [0, 0.05) is 44.0 Å². The number of nitrogens with one attached hydrogen (secondary N) is 3. The van der Waals surface area contributed by atoms with Crippen molar-refractivity contribution >= 4 is 29.3 Å². The number of ether oxygens (including phenoxy) is 4. The average Bonchev–Trinajstić information content (AvgIpc) is 3.05. The van der Waals surface area contributed by atoms with Gasteiger partial charge in [-0.15, -0.1) is 0 Å². The molecule has 12 heteroatoms. The summed E-state index contributed by atoms with van der Waals surface area (Å²) in [6, 6.07) is 15.3. The first-order valence-electron chi connectivity index (χ1n) is 15.0. The summed E-state index contributed by atoms with van der Waals surface area (Å²) in [7, 11) is 1.50. The third-order valence-corrected chi connectivity index (χ3v) is 6.62. The highest BCUT2D eigenvalue weighted by Gasteiger charge is 2.21. The van der Waals surface area contributed by atoms with Crippen molar-refractivity contribution in [2.24, 2.45) is 0 Å². The molecular formula is C33H42N4O8. The zero-order valence-corrected chi connectivity index (χ0v) is 25.7. The highest BCUT2D eigenvalue weighted by atomic mass is 16.6. The van der Waals surface area contributed by atoms with Crippen LogP contribution in [0.2, 0.25) is 0 Å². The van der Waals surface area contributed by atoms with Gasteiger partial charge in [0.25, 0.3) is 0 Å². The van der Waals surface area contributed by atoms with Gasteiger partial charge in [0.1, 0.15) is 0 Å². The molecule has 0 unspecified atom stereocenters. The second kappa shape index (κ2) is 20.6. The molecule has 0 saturated carbocycles.